The number of esters is 1. The third-order valence-corrected chi connectivity index (χ3v) is 3.68. The van der Waals surface area contributed by atoms with Gasteiger partial charge in [-0.3, -0.25) is 9.59 Å². The second-order valence-corrected chi connectivity index (χ2v) is 7.31. The fourth-order valence-electron chi connectivity index (χ4n) is 1.97. The zero-order valence-corrected chi connectivity index (χ0v) is 15.0. The fourth-order valence-corrected chi connectivity index (χ4v) is 2.51. The van der Waals surface area contributed by atoms with Gasteiger partial charge in [-0.1, -0.05) is 34.8 Å². The van der Waals surface area contributed by atoms with Crippen LogP contribution in [0.3, 0.4) is 0 Å². The minimum Gasteiger partial charge on any atom is -0.465 e. The second kappa shape index (κ2) is 8.85. The van der Waals surface area contributed by atoms with Crippen LogP contribution in [0.5, 0.6) is 0 Å². The van der Waals surface area contributed by atoms with Crippen LogP contribution in [0.25, 0.3) is 0 Å². The standard InChI is InChI=1S/C14H19Cl3O5/c1-4-22-12(21)13(7-5-9(2)18,8-6-10(3)19)11(20)14(15,16)17/h4-8H2,1-3H3. The molecule has 0 aliphatic rings. The van der Waals surface area contributed by atoms with E-state index in [0.717, 1.165) is 0 Å². The lowest BCUT2D eigenvalue weighted by Gasteiger charge is -2.32. The number of Topliss-reactive ketones (excluding diaryl/α,β-unsaturated/α-hetero) is 3. The number of carbonyl (C=O) groups excluding carboxylic acids is 4. The van der Waals surface area contributed by atoms with Gasteiger partial charge in [-0.05, 0) is 33.6 Å². The van der Waals surface area contributed by atoms with Gasteiger partial charge in [0.15, 0.2) is 0 Å². The maximum Gasteiger partial charge on any atom is 0.319 e. The Hall–Kier alpha value is -0.650. The summed E-state index contributed by atoms with van der Waals surface area (Å²) in [7, 11) is 0. The van der Waals surface area contributed by atoms with Crippen molar-refractivity contribution in [3.8, 4) is 0 Å². The van der Waals surface area contributed by atoms with Crippen molar-refractivity contribution in [3.63, 3.8) is 0 Å². The number of hydrogen-bond acceptors (Lipinski definition) is 5. The number of alkyl halides is 3. The van der Waals surface area contributed by atoms with E-state index in [1.165, 1.54) is 13.8 Å². The number of hydrogen-bond donors (Lipinski definition) is 0. The van der Waals surface area contributed by atoms with Gasteiger partial charge < -0.3 is 14.3 Å². The largest absolute Gasteiger partial charge is 0.465 e. The van der Waals surface area contributed by atoms with Crippen molar-refractivity contribution < 1.29 is 23.9 Å². The molecule has 0 aromatic heterocycles. The number of ketones is 3. The smallest absolute Gasteiger partial charge is 0.319 e. The molecule has 126 valence electrons. The van der Waals surface area contributed by atoms with Crippen LogP contribution in [0.4, 0.5) is 0 Å². The molecule has 0 amide bonds. The minimum absolute atomic E-state index is 0.0217. The van der Waals surface area contributed by atoms with E-state index in [0.29, 0.717) is 0 Å². The predicted molar refractivity (Wildman–Crippen MR) is 84.2 cm³/mol. The van der Waals surface area contributed by atoms with Crippen LogP contribution in [0.15, 0.2) is 0 Å². The van der Waals surface area contributed by atoms with Gasteiger partial charge in [0, 0.05) is 12.8 Å². The number of carbonyl (C=O) groups is 4. The van der Waals surface area contributed by atoms with Crippen molar-refractivity contribution >= 4 is 58.1 Å². The maximum absolute atomic E-state index is 12.5. The first kappa shape index (κ1) is 21.4. The number of rotatable bonds is 9. The van der Waals surface area contributed by atoms with E-state index >= 15 is 0 Å². The Labute approximate surface area is 144 Å². The van der Waals surface area contributed by atoms with Crippen molar-refractivity contribution in [3.05, 3.63) is 0 Å². The lowest BCUT2D eigenvalue weighted by Crippen LogP contribution is -2.47. The molecule has 0 saturated carbocycles. The molecule has 0 aliphatic heterocycles. The van der Waals surface area contributed by atoms with Gasteiger partial charge in [0.2, 0.25) is 9.58 Å². The monoisotopic (exact) mass is 372 g/mol. The van der Waals surface area contributed by atoms with Crippen LogP contribution in [0, 0.1) is 5.41 Å². The van der Waals surface area contributed by atoms with Gasteiger partial charge in [0.25, 0.3) is 0 Å². The predicted octanol–water partition coefficient (Wildman–Crippen LogP) is 3.21. The topological polar surface area (TPSA) is 77.5 Å². The lowest BCUT2D eigenvalue weighted by molar-refractivity contribution is -0.161. The number of ether oxygens (including phenoxy) is 1. The van der Waals surface area contributed by atoms with Crippen LogP contribution in [-0.2, 0) is 23.9 Å². The third-order valence-electron chi connectivity index (χ3n) is 3.17. The van der Waals surface area contributed by atoms with Gasteiger partial charge >= 0.3 is 5.97 Å². The lowest BCUT2D eigenvalue weighted by atomic mass is 9.74. The molecule has 0 rings (SSSR count). The molecule has 0 saturated heterocycles. The van der Waals surface area contributed by atoms with Gasteiger partial charge in [-0.15, -0.1) is 0 Å². The van der Waals surface area contributed by atoms with Crippen molar-refractivity contribution in [2.45, 2.75) is 50.2 Å². The van der Waals surface area contributed by atoms with Gasteiger partial charge in [-0.25, -0.2) is 0 Å². The van der Waals surface area contributed by atoms with E-state index in [2.05, 4.69) is 0 Å². The molecule has 0 aliphatic carbocycles. The Morgan fingerprint density at radius 2 is 1.32 bits per heavy atom. The number of halogens is 3. The van der Waals surface area contributed by atoms with Crippen molar-refractivity contribution in [1.82, 2.24) is 0 Å². The van der Waals surface area contributed by atoms with Crippen molar-refractivity contribution in [1.29, 1.82) is 0 Å². The van der Waals surface area contributed by atoms with Gasteiger partial charge in [0.1, 0.15) is 17.0 Å². The molecule has 0 unspecified atom stereocenters. The first-order valence-electron chi connectivity index (χ1n) is 6.75. The molecular weight excluding hydrogens is 355 g/mol. The molecule has 0 N–H and O–H groups in total. The van der Waals surface area contributed by atoms with Crippen LogP contribution < -0.4 is 0 Å². The van der Waals surface area contributed by atoms with E-state index in [1.54, 1.807) is 6.92 Å². The highest BCUT2D eigenvalue weighted by molar-refractivity contribution is 6.77. The van der Waals surface area contributed by atoms with Crippen LogP contribution in [0.1, 0.15) is 46.5 Å². The molecule has 5 nitrogen and oxygen atoms in total. The van der Waals surface area contributed by atoms with Crippen LogP contribution in [-0.4, -0.2) is 33.7 Å². The summed E-state index contributed by atoms with van der Waals surface area (Å²) in [5.74, 6) is -2.32. The van der Waals surface area contributed by atoms with E-state index in [1.807, 2.05) is 0 Å². The first-order valence-corrected chi connectivity index (χ1v) is 7.88. The first-order chi connectivity index (χ1) is 9.97. The Morgan fingerprint density at radius 1 is 0.909 bits per heavy atom. The summed E-state index contributed by atoms with van der Waals surface area (Å²) in [6, 6.07) is 0. The zero-order valence-electron chi connectivity index (χ0n) is 12.7. The normalized spacial score (nSPS) is 11.9. The average molecular weight is 374 g/mol. The van der Waals surface area contributed by atoms with Crippen molar-refractivity contribution in [2.24, 2.45) is 5.41 Å². The highest BCUT2D eigenvalue weighted by Gasteiger charge is 2.53. The minimum atomic E-state index is -2.35. The Morgan fingerprint density at radius 3 is 1.59 bits per heavy atom. The molecule has 0 bridgehead atoms. The molecule has 8 heteroatoms. The highest BCUT2D eigenvalue weighted by Crippen LogP contribution is 2.42. The third kappa shape index (κ3) is 6.23. The molecule has 0 atom stereocenters. The summed E-state index contributed by atoms with van der Waals surface area (Å²) in [5, 5.41) is 0. The summed E-state index contributed by atoms with van der Waals surface area (Å²) in [5.41, 5.74) is -1.82. The second-order valence-electron chi connectivity index (χ2n) is 5.03. The Bertz CT molecular complexity index is 436. The summed E-state index contributed by atoms with van der Waals surface area (Å²) in [4.78, 5) is 47.3. The molecule has 0 aromatic rings. The summed E-state index contributed by atoms with van der Waals surface area (Å²) < 4.78 is 2.58. The molecule has 0 aromatic carbocycles. The van der Waals surface area contributed by atoms with Gasteiger partial charge in [-0.2, -0.15) is 0 Å². The summed E-state index contributed by atoms with van der Waals surface area (Å²) in [6.45, 7) is 4.23. The molecule has 22 heavy (non-hydrogen) atoms. The quantitative estimate of drug-likeness (QED) is 0.352. The van der Waals surface area contributed by atoms with Gasteiger partial charge in [0.05, 0.1) is 6.61 Å². The Kier molecular flexibility index (Phi) is 8.58. The van der Waals surface area contributed by atoms with E-state index in [-0.39, 0.29) is 43.9 Å². The van der Waals surface area contributed by atoms with E-state index in [9.17, 15) is 19.2 Å². The molecular formula is C14H19Cl3O5. The Balaban J connectivity index is 5.77. The zero-order chi connectivity index (χ0) is 17.6. The SMILES string of the molecule is CCOC(=O)C(CCC(C)=O)(CCC(C)=O)C(=O)C(Cl)(Cl)Cl. The molecule has 0 spiro atoms. The van der Waals surface area contributed by atoms with E-state index < -0.39 is 21.0 Å². The fraction of sp³-hybridized carbons (Fsp3) is 0.714. The maximum atomic E-state index is 12.5. The molecule has 0 fully saturated rings. The van der Waals surface area contributed by atoms with E-state index in [4.69, 9.17) is 39.5 Å². The van der Waals surface area contributed by atoms with Crippen LogP contribution in [0.2, 0.25) is 0 Å². The summed E-state index contributed by atoms with van der Waals surface area (Å²) in [6.07, 6.45) is -0.464. The van der Waals surface area contributed by atoms with Crippen LogP contribution >= 0.6 is 34.8 Å². The average Bonchev–Trinajstić information content (AvgIpc) is 2.37. The molecule has 0 radical (unpaired) electrons. The molecule has 0 heterocycles. The summed E-state index contributed by atoms with van der Waals surface area (Å²) >= 11 is 16.9. The highest BCUT2D eigenvalue weighted by atomic mass is 35.6. The van der Waals surface area contributed by atoms with Crippen molar-refractivity contribution in [2.75, 3.05) is 6.61 Å².